The number of hydrogen-bond donors (Lipinski definition) is 2. The molecule has 0 saturated heterocycles. The van der Waals surface area contributed by atoms with Crippen molar-refractivity contribution >= 4 is 11.7 Å². The van der Waals surface area contributed by atoms with E-state index >= 15 is 0 Å². The lowest BCUT2D eigenvalue weighted by Crippen LogP contribution is -2.47. The Morgan fingerprint density at radius 2 is 1.90 bits per heavy atom. The SMILES string of the molecule is CCc1ccc(N(C)CCCCC(C)(NC)C(=O)O)cc1. The number of carboxylic acids is 1. The molecule has 0 spiro atoms. The molecule has 0 aliphatic rings. The minimum absolute atomic E-state index is 0.640. The highest BCUT2D eigenvalue weighted by atomic mass is 16.4. The summed E-state index contributed by atoms with van der Waals surface area (Å²) in [5, 5.41) is 12.1. The lowest BCUT2D eigenvalue weighted by Gasteiger charge is -2.25. The number of unbranched alkanes of at least 4 members (excludes halogenated alkanes) is 1. The molecular weight excluding hydrogens is 264 g/mol. The van der Waals surface area contributed by atoms with E-state index in [0.717, 1.165) is 25.8 Å². The van der Waals surface area contributed by atoms with Crippen LogP contribution in [0.3, 0.4) is 0 Å². The second-order valence-electron chi connectivity index (χ2n) is 5.79. The number of carboxylic acid groups (broad SMARTS) is 1. The zero-order valence-corrected chi connectivity index (χ0v) is 13.6. The molecule has 1 atom stereocenters. The van der Waals surface area contributed by atoms with Crippen molar-refractivity contribution in [1.29, 1.82) is 0 Å². The van der Waals surface area contributed by atoms with Gasteiger partial charge in [0.1, 0.15) is 5.54 Å². The van der Waals surface area contributed by atoms with Crippen molar-refractivity contribution in [3.05, 3.63) is 29.8 Å². The van der Waals surface area contributed by atoms with Gasteiger partial charge in [0.2, 0.25) is 0 Å². The molecule has 118 valence electrons. The van der Waals surface area contributed by atoms with E-state index in [4.69, 9.17) is 0 Å². The lowest BCUT2D eigenvalue weighted by atomic mass is 9.95. The van der Waals surface area contributed by atoms with Gasteiger partial charge in [-0.2, -0.15) is 0 Å². The maximum absolute atomic E-state index is 11.2. The molecule has 4 heteroatoms. The van der Waals surface area contributed by atoms with Gasteiger partial charge in [0.05, 0.1) is 0 Å². The molecule has 4 nitrogen and oxygen atoms in total. The Balaban J connectivity index is 2.39. The van der Waals surface area contributed by atoms with E-state index in [1.165, 1.54) is 11.3 Å². The summed E-state index contributed by atoms with van der Waals surface area (Å²) in [5.74, 6) is -0.784. The van der Waals surface area contributed by atoms with E-state index in [1.807, 2.05) is 0 Å². The van der Waals surface area contributed by atoms with Crippen LogP contribution in [0.1, 0.15) is 38.7 Å². The van der Waals surface area contributed by atoms with Crippen LogP contribution in [0.15, 0.2) is 24.3 Å². The van der Waals surface area contributed by atoms with Crippen molar-refractivity contribution in [1.82, 2.24) is 5.32 Å². The molecule has 1 unspecified atom stereocenters. The fourth-order valence-electron chi connectivity index (χ4n) is 2.28. The van der Waals surface area contributed by atoms with Crippen LogP contribution in [0.4, 0.5) is 5.69 Å². The molecule has 1 aromatic carbocycles. The van der Waals surface area contributed by atoms with E-state index < -0.39 is 11.5 Å². The highest BCUT2D eigenvalue weighted by Crippen LogP contribution is 2.17. The van der Waals surface area contributed by atoms with Gasteiger partial charge in [-0.25, -0.2) is 0 Å². The third kappa shape index (κ3) is 5.05. The molecule has 0 aliphatic carbocycles. The Morgan fingerprint density at radius 3 is 2.38 bits per heavy atom. The van der Waals surface area contributed by atoms with Crippen LogP contribution < -0.4 is 10.2 Å². The molecule has 0 heterocycles. The molecule has 1 rings (SSSR count). The van der Waals surface area contributed by atoms with Gasteiger partial charge in [-0.1, -0.05) is 19.1 Å². The maximum atomic E-state index is 11.2. The second kappa shape index (κ2) is 8.03. The lowest BCUT2D eigenvalue weighted by molar-refractivity contribution is -0.144. The monoisotopic (exact) mass is 292 g/mol. The van der Waals surface area contributed by atoms with Crippen molar-refractivity contribution in [3.8, 4) is 0 Å². The Bertz CT molecular complexity index is 445. The predicted molar refractivity (Wildman–Crippen MR) is 88.0 cm³/mol. The molecule has 0 fully saturated rings. The summed E-state index contributed by atoms with van der Waals surface area (Å²) in [6.07, 6.45) is 3.57. The number of aliphatic carboxylic acids is 1. The summed E-state index contributed by atoms with van der Waals surface area (Å²) in [7, 11) is 3.78. The molecule has 1 aromatic rings. The number of benzene rings is 1. The van der Waals surface area contributed by atoms with E-state index in [1.54, 1.807) is 14.0 Å². The number of hydrogen-bond acceptors (Lipinski definition) is 3. The van der Waals surface area contributed by atoms with E-state index in [2.05, 4.69) is 48.5 Å². The van der Waals surface area contributed by atoms with E-state index in [-0.39, 0.29) is 0 Å². The zero-order valence-electron chi connectivity index (χ0n) is 13.6. The standard InChI is InChI=1S/C17H28N2O2/c1-5-14-8-10-15(11-9-14)19(4)13-7-6-12-17(2,18-3)16(20)21/h8-11,18H,5-7,12-13H2,1-4H3,(H,20,21). The summed E-state index contributed by atoms with van der Waals surface area (Å²) in [6, 6.07) is 8.62. The van der Waals surface area contributed by atoms with Gasteiger partial charge in [0.25, 0.3) is 0 Å². The quantitative estimate of drug-likeness (QED) is 0.687. The van der Waals surface area contributed by atoms with Crippen LogP contribution in [0, 0.1) is 0 Å². The van der Waals surface area contributed by atoms with Crippen LogP contribution in [0.5, 0.6) is 0 Å². The molecule has 0 amide bonds. The van der Waals surface area contributed by atoms with Gasteiger partial charge >= 0.3 is 5.97 Å². The van der Waals surface area contributed by atoms with Gasteiger partial charge in [0, 0.05) is 19.3 Å². The smallest absolute Gasteiger partial charge is 0.323 e. The molecule has 0 saturated carbocycles. The molecule has 0 radical (unpaired) electrons. The Labute approximate surface area is 128 Å². The van der Waals surface area contributed by atoms with Crippen LogP contribution in [0.2, 0.25) is 0 Å². The number of nitrogens with zero attached hydrogens (tertiary/aromatic N) is 1. The van der Waals surface area contributed by atoms with Crippen molar-refractivity contribution in [2.24, 2.45) is 0 Å². The normalized spacial score (nSPS) is 13.7. The summed E-state index contributed by atoms with van der Waals surface area (Å²) in [6.45, 7) is 4.83. The summed E-state index contributed by atoms with van der Waals surface area (Å²) < 4.78 is 0. The van der Waals surface area contributed by atoms with Gasteiger partial charge in [-0.3, -0.25) is 4.79 Å². The number of anilines is 1. The Hall–Kier alpha value is -1.55. The fourth-order valence-corrected chi connectivity index (χ4v) is 2.28. The fraction of sp³-hybridized carbons (Fsp3) is 0.588. The first-order chi connectivity index (χ1) is 9.92. The topological polar surface area (TPSA) is 52.6 Å². The van der Waals surface area contributed by atoms with Gasteiger partial charge in [-0.05, 0) is 57.4 Å². The van der Waals surface area contributed by atoms with Crippen molar-refractivity contribution in [2.75, 3.05) is 25.5 Å². The largest absolute Gasteiger partial charge is 0.480 e. The number of nitrogens with one attached hydrogen (secondary N) is 1. The van der Waals surface area contributed by atoms with Crippen molar-refractivity contribution in [2.45, 2.75) is 45.1 Å². The highest BCUT2D eigenvalue weighted by molar-refractivity contribution is 5.78. The van der Waals surface area contributed by atoms with Crippen LogP contribution in [-0.2, 0) is 11.2 Å². The Morgan fingerprint density at radius 1 is 1.29 bits per heavy atom. The van der Waals surface area contributed by atoms with Gasteiger partial charge in [-0.15, -0.1) is 0 Å². The third-order valence-electron chi connectivity index (χ3n) is 4.23. The first-order valence-corrected chi connectivity index (χ1v) is 7.65. The second-order valence-corrected chi connectivity index (χ2v) is 5.79. The number of aryl methyl sites for hydroxylation is 1. The molecule has 21 heavy (non-hydrogen) atoms. The first-order valence-electron chi connectivity index (χ1n) is 7.65. The van der Waals surface area contributed by atoms with Crippen LogP contribution in [-0.4, -0.2) is 37.3 Å². The molecule has 0 bridgehead atoms. The Kier molecular flexibility index (Phi) is 6.69. The third-order valence-corrected chi connectivity index (χ3v) is 4.23. The molecule has 0 aliphatic heterocycles. The maximum Gasteiger partial charge on any atom is 0.323 e. The first kappa shape index (κ1) is 17.5. The number of rotatable bonds is 9. The van der Waals surface area contributed by atoms with Crippen LogP contribution >= 0.6 is 0 Å². The molecule has 0 aromatic heterocycles. The van der Waals surface area contributed by atoms with Crippen molar-refractivity contribution in [3.63, 3.8) is 0 Å². The number of likely N-dealkylation sites (N-methyl/N-ethyl adjacent to an activating group) is 1. The number of carbonyl (C=O) groups is 1. The summed E-state index contributed by atoms with van der Waals surface area (Å²) in [5.41, 5.74) is 1.74. The average molecular weight is 292 g/mol. The van der Waals surface area contributed by atoms with Crippen LogP contribution in [0.25, 0.3) is 0 Å². The van der Waals surface area contributed by atoms with E-state index in [9.17, 15) is 9.90 Å². The van der Waals surface area contributed by atoms with Crippen molar-refractivity contribution < 1.29 is 9.90 Å². The highest BCUT2D eigenvalue weighted by Gasteiger charge is 2.30. The minimum Gasteiger partial charge on any atom is -0.480 e. The average Bonchev–Trinajstić information content (AvgIpc) is 2.50. The summed E-state index contributed by atoms with van der Waals surface area (Å²) >= 11 is 0. The predicted octanol–water partition coefficient (Wildman–Crippen LogP) is 2.92. The molecule has 2 N–H and O–H groups in total. The minimum atomic E-state index is -0.818. The summed E-state index contributed by atoms with van der Waals surface area (Å²) in [4.78, 5) is 13.4. The van der Waals surface area contributed by atoms with Gasteiger partial charge in [0.15, 0.2) is 0 Å². The van der Waals surface area contributed by atoms with Gasteiger partial charge < -0.3 is 15.3 Å². The zero-order chi connectivity index (χ0) is 15.9. The van der Waals surface area contributed by atoms with E-state index in [0.29, 0.717) is 6.42 Å². The molecular formula is C17H28N2O2.